The van der Waals surface area contributed by atoms with Crippen molar-refractivity contribution in [1.82, 2.24) is 0 Å². The summed E-state index contributed by atoms with van der Waals surface area (Å²) in [5.74, 6) is -0.400. The van der Waals surface area contributed by atoms with E-state index in [1.54, 1.807) is 0 Å². The summed E-state index contributed by atoms with van der Waals surface area (Å²) in [6.07, 6.45) is 4.54. The number of nitrogens with two attached hydrogens (primary N) is 1. The summed E-state index contributed by atoms with van der Waals surface area (Å²) in [5.41, 5.74) is 9.25. The molecule has 1 aliphatic rings. The molecule has 108 valence electrons. The zero-order valence-electron chi connectivity index (χ0n) is 12.1. The van der Waals surface area contributed by atoms with Crippen molar-refractivity contribution in [3.05, 3.63) is 29.3 Å². The lowest BCUT2D eigenvalue weighted by Gasteiger charge is -2.23. The highest BCUT2D eigenvalue weighted by Gasteiger charge is 2.26. The van der Waals surface area contributed by atoms with Gasteiger partial charge in [0.25, 0.3) is 0 Å². The maximum atomic E-state index is 12.4. The average molecular weight is 290 g/mol. The molecule has 0 saturated heterocycles. The number of carbonyl (C=O) groups is 1. The van der Waals surface area contributed by atoms with Crippen LogP contribution in [0.25, 0.3) is 0 Å². The number of amides is 1. The summed E-state index contributed by atoms with van der Waals surface area (Å²) in [5, 5.41) is 3.03. The zero-order valence-corrected chi connectivity index (χ0v) is 12.9. The van der Waals surface area contributed by atoms with Crippen LogP contribution in [0.15, 0.2) is 18.2 Å². The molecule has 0 fully saturated rings. The zero-order chi connectivity index (χ0) is 14.7. The second kappa shape index (κ2) is 6.35. The van der Waals surface area contributed by atoms with Crippen molar-refractivity contribution in [3.8, 4) is 0 Å². The van der Waals surface area contributed by atoms with Crippen molar-refractivity contribution >= 4 is 28.8 Å². The van der Waals surface area contributed by atoms with Crippen molar-refractivity contribution in [2.45, 2.75) is 39.5 Å². The molecule has 0 heterocycles. The van der Waals surface area contributed by atoms with Crippen LogP contribution >= 0.6 is 12.2 Å². The molecular formula is C16H22N2OS. The predicted octanol–water partition coefficient (Wildman–Crippen LogP) is 3.06. The van der Waals surface area contributed by atoms with Gasteiger partial charge in [0.2, 0.25) is 5.91 Å². The van der Waals surface area contributed by atoms with Crippen molar-refractivity contribution in [2.75, 3.05) is 5.32 Å². The van der Waals surface area contributed by atoms with Crippen molar-refractivity contribution < 1.29 is 4.79 Å². The Balaban J connectivity index is 2.21. The molecule has 0 saturated carbocycles. The van der Waals surface area contributed by atoms with Gasteiger partial charge < -0.3 is 11.1 Å². The van der Waals surface area contributed by atoms with Gasteiger partial charge in [0.15, 0.2) is 0 Å². The fourth-order valence-electron chi connectivity index (χ4n) is 2.87. The quantitative estimate of drug-likeness (QED) is 0.838. The van der Waals surface area contributed by atoms with Crippen molar-refractivity contribution in [2.24, 2.45) is 17.6 Å². The van der Waals surface area contributed by atoms with E-state index in [1.165, 1.54) is 24.0 Å². The third-order valence-corrected chi connectivity index (χ3v) is 4.16. The van der Waals surface area contributed by atoms with Crippen LogP contribution in [0.2, 0.25) is 0 Å². The van der Waals surface area contributed by atoms with E-state index in [0.717, 1.165) is 18.5 Å². The normalized spacial score (nSPS) is 15.6. The number of rotatable bonds is 4. The Hall–Kier alpha value is -1.42. The topological polar surface area (TPSA) is 55.1 Å². The van der Waals surface area contributed by atoms with Gasteiger partial charge >= 0.3 is 0 Å². The lowest BCUT2D eigenvalue weighted by atomic mass is 9.90. The molecular weight excluding hydrogens is 268 g/mol. The molecule has 20 heavy (non-hydrogen) atoms. The monoisotopic (exact) mass is 290 g/mol. The number of anilines is 1. The van der Waals surface area contributed by atoms with Crippen LogP contribution in [0, 0.1) is 11.8 Å². The van der Waals surface area contributed by atoms with E-state index in [4.69, 9.17) is 18.0 Å². The number of carbonyl (C=O) groups excluding carboxylic acids is 1. The summed E-state index contributed by atoms with van der Waals surface area (Å²) >= 11 is 5.02. The Morgan fingerprint density at radius 2 is 2.00 bits per heavy atom. The van der Waals surface area contributed by atoms with E-state index in [2.05, 4.69) is 11.4 Å². The standard InChI is InChI=1S/C16H22N2OS/c1-10(2)14(15(17)20)16(19)18-13-9-5-7-11-6-3-4-8-12(11)13/h5,7,9-10,14H,3-4,6,8H2,1-2H3,(H2,17,20)(H,18,19). The molecule has 0 spiro atoms. The van der Waals surface area contributed by atoms with E-state index < -0.39 is 5.92 Å². The second-order valence-corrected chi connectivity index (χ2v) is 6.24. The fourth-order valence-corrected chi connectivity index (χ4v) is 3.25. The van der Waals surface area contributed by atoms with Crippen LogP contribution in [-0.2, 0) is 17.6 Å². The highest BCUT2D eigenvalue weighted by molar-refractivity contribution is 7.80. The van der Waals surface area contributed by atoms with E-state index in [0.29, 0.717) is 0 Å². The molecule has 1 aliphatic carbocycles. The van der Waals surface area contributed by atoms with Crippen LogP contribution in [0.5, 0.6) is 0 Å². The Bertz CT molecular complexity index is 525. The van der Waals surface area contributed by atoms with Crippen molar-refractivity contribution in [1.29, 1.82) is 0 Å². The number of hydrogen-bond donors (Lipinski definition) is 2. The molecule has 4 heteroatoms. The van der Waals surface area contributed by atoms with Gasteiger partial charge in [0.1, 0.15) is 0 Å². The molecule has 3 N–H and O–H groups in total. The van der Waals surface area contributed by atoms with E-state index >= 15 is 0 Å². The first-order valence-corrected chi connectivity index (χ1v) is 7.62. The molecule has 1 atom stereocenters. The van der Waals surface area contributed by atoms with Gasteiger partial charge in [0, 0.05) is 5.69 Å². The minimum Gasteiger partial charge on any atom is -0.393 e. The summed E-state index contributed by atoms with van der Waals surface area (Å²) in [6, 6.07) is 6.13. The summed E-state index contributed by atoms with van der Waals surface area (Å²) < 4.78 is 0. The Morgan fingerprint density at radius 1 is 1.30 bits per heavy atom. The summed E-state index contributed by atoms with van der Waals surface area (Å²) in [6.45, 7) is 3.92. The number of aryl methyl sites for hydroxylation is 1. The van der Waals surface area contributed by atoms with Gasteiger partial charge in [-0.1, -0.05) is 38.2 Å². The van der Waals surface area contributed by atoms with Gasteiger partial charge in [-0.15, -0.1) is 0 Å². The first-order chi connectivity index (χ1) is 9.50. The minimum atomic E-state index is -0.413. The molecule has 1 aromatic carbocycles. The molecule has 1 aromatic rings. The largest absolute Gasteiger partial charge is 0.393 e. The smallest absolute Gasteiger partial charge is 0.234 e. The third kappa shape index (κ3) is 3.18. The van der Waals surface area contributed by atoms with Gasteiger partial charge in [-0.05, 0) is 48.8 Å². The number of nitrogens with one attached hydrogen (secondary N) is 1. The average Bonchev–Trinajstić information content (AvgIpc) is 2.38. The summed E-state index contributed by atoms with van der Waals surface area (Å²) in [7, 11) is 0. The molecule has 2 rings (SSSR count). The molecule has 0 aromatic heterocycles. The number of fused-ring (bicyclic) bond motifs is 1. The van der Waals surface area contributed by atoms with Crippen LogP contribution in [0.1, 0.15) is 37.8 Å². The lowest BCUT2D eigenvalue weighted by Crippen LogP contribution is -2.37. The molecule has 1 unspecified atom stereocenters. The first-order valence-electron chi connectivity index (χ1n) is 7.21. The van der Waals surface area contributed by atoms with Crippen molar-refractivity contribution in [3.63, 3.8) is 0 Å². The van der Waals surface area contributed by atoms with Gasteiger partial charge in [-0.2, -0.15) is 0 Å². The minimum absolute atomic E-state index is 0.0912. The Labute approximate surface area is 125 Å². The van der Waals surface area contributed by atoms with E-state index in [-0.39, 0.29) is 16.8 Å². The highest BCUT2D eigenvalue weighted by Crippen LogP contribution is 2.28. The number of thiocarbonyl (C=S) groups is 1. The van der Waals surface area contributed by atoms with Gasteiger partial charge in [-0.25, -0.2) is 0 Å². The molecule has 0 aliphatic heterocycles. The fraction of sp³-hybridized carbons (Fsp3) is 0.500. The SMILES string of the molecule is CC(C)C(C(=O)Nc1cccc2c1CCCC2)C(N)=S. The van der Waals surface area contributed by atoms with Crippen LogP contribution in [0.4, 0.5) is 5.69 Å². The van der Waals surface area contributed by atoms with Crippen LogP contribution < -0.4 is 11.1 Å². The second-order valence-electron chi connectivity index (χ2n) is 5.76. The molecule has 3 nitrogen and oxygen atoms in total. The summed E-state index contributed by atoms with van der Waals surface area (Å²) in [4.78, 5) is 12.7. The molecule has 0 radical (unpaired) electrons. The maximum absolute atomic E-state index is 12.4. The van der Waals surface area contributed by atoms with Gasteiger partial charge in [-0.3, -0.25) is 4.79 Å². The Kier molecular flexibility index (Phi) is 4.76. The van der Waals surface area contributed by atoms with E-state index in [9.17, 15) is 4.79 Å². The van der Waals surface area contributed by atoms with Crippen LogP contribution in [-0.4, -0.2) is 10.9 Å². The highest BCUT2D eigenvalue weighted by atomic mass is 32.1. The van der Waals surface area contributed by atoms with E-state index in [1.807, 2.05) is 26.0 Å². The lowest BCUT2D eigenvalue weighted by molar-refractivity contribution is -0.118. The maximum Gasteiger partial charge on any atom is 0.234 e. The number of hydrogen-bond acceptors (Lipinski definition) is 2. The third-order valence-electron chi connectivity index (χ3n) is 3.91. The predicted molar refractivity (Wildman–Crippen MR) is 86.8 cm³/mol. The Morgan fingerprint density at radius 3 is 2.65 bits per heavy atom. The van der Waals surface area contributed by atoms with Crippen LogP contribution in [0.3, 0.4) is 0 Å². The van der Waals surface area contributed by atoms with Gasteiger partial charge in [0.05, 0.1) is 10.9 Å². The number of benzene rings is 1. The first kappa shape index (κ1) is 15.0. The molecule has 0 bridgehead atoms. The molecule has 1 amide bonds.